The molecule has 0 N–H and O–H groups in total. The highest BCUT2D eigenvalue weighted by Crippen LogP contribution is 2.35. The topological polar surface area (TPSA) is 55.2 Å². The van der Waals surface area contributed by atoms with Crippen molar-refractivity contribution in [2.75, 3.05) is 5.75 Å². The highest BCUT2D eigenvalue weighted by atomic mass is 32.2. The summed E-state index contributed by atoms with van der Waals surface area (Å²) in [6, 6.07) is 10.0. The van der Waals surface area contributed by atoms with Crippen LogP contribution in [0.2, 0.25) is 0 Å². The number of aryl methyl sites for hydroxylation is 2. The van der Waals surface area contributed by atoms with Crippen LogP contribution >= 0.6 is 23.1 Å². The Hall–Kier alpha value is -2.12. The molecular weight excluding hydrogens is 414 g/mol. The fourth-order valence-electron chi connectivity index (χ4n) is 3.90. The highest BCUT2D eigenvalue weighted by molar-refractivity contribution is 7.99. The van der Waals surface area contributed by atoms with Gasteiger partial charge in [0, 0.05) is 24.0 Å². The summed E-state index contributed by atoms with van der Waals surface area (Å²) in [7, 11) is 1.76. The fraction of sp³-hybridized carbons (Fsp3) is 0.435. The molecule has 0 unspecified atom stereocenters. The molecule has 5 nitrogen and oxygen atoms in total. The van der Waals surface area contributed by atoms with Crippen LogP contribution in [0.15, 0.2) is 40.3 Å². The number of nitrogens with zero attached hydrogens (tertiary/aromatic N) is 3. The minimum absolute atomic E-state index is 0.00584. The van der Waals surface area contributed by atoms with Crippen LogP contribution in [0.4, 0.5) is 0 Å². The molecule has 1 aliphatic rings. The first-order valence-corrected chi connectivity index (χ1v) is 12.0. The molecule has 0 aliphatic heterocycles. The van der Waals surface area contributed by atoms with E-state index in [1.165, 1.54) is 22.2 Å². The Balaban J connectivity index is 1.55. The van der Waals surface area contributed by atoms with Gasteiger partial charge in [0.2, 0.25) is 5.91 Å². The Bertz CT molecular complexity index is 1140. The third-order valence-electron chi connectivity index (χ3n) is 5.52. The Morgan fingerprint density at radius 1 is 1.23 bits per heavy atom. The van der Waals surface area contributed by atoms with Crippen molar-refractivity contribution in [2.45, 2.75) is 57.3 Å². The van der Waals surface area contributed by atoms with Crippen molar-refractivity contribution >= 4 is 39.2 Å². The van der Waals surface area contributed by atoms with Crippen LogP contribution in [-0.4, -0.2) is 31.6 Å². The number of fused-ring (bicyclic) bond motifs is 3. The minimum Gasteiger partial charge on any atom is -0.333 e. The second-order valence-corrected chi connectivity index (χ2v) is 10.7. The second-order valence-electron chi connectivity index (χ2n) is 8.72. The van der Waals surface area contributed by atoms with E-state index < -0.39 is 0 Å². The average molecular weight is 442 g/mol. The summed E-state index contributed by atoms with van der Waals surface area (Å²) in [6.45, 7) is 6.70. The Labute approximate surface area is 185 Å². The number of hydrogen-bond acceptors (Lipinski definition) is 5. The summed E-state index contributed by atoms with van der Waals surface area (Å²) in [5, 5.41) is 1.39. The maximum absolute atomic E-state index is 13.1. The SMILES string of the molecule is Cn1c(SCC(=O)N(Cc2ccccc2)C(C)(C)C)nc2sc3c(c2c1=O)CCC3. The molecule has 0 saturated carbocycles. The summed E-state index contributed by atoms with van der Waals surface area (Å²) in [6.07, 6.45) is 3.13. The predicted octanol–water partition coefficient (Wildman–Crippen LogP) is 4.40. The fourth-order valence-corrected chi connectivity index (χ4v) is 6.05. The first-order chi connectivity index (χ1) is 14.3. The molecular formula is C23H27N3O2S2. The largest absolute Gasteiger partial charge is 0.333 e. The molecule has 3 aromatic rings. The molecule has 0 saturated heterocycles. The van der Waals surface area contributed by atoms with Crippen LogP contribution in [0, 0.1) is 0 Å². The molecule has 7 heteroatoms. The summed E-state index contributed by atoms with van der Waals surface area (Å²) < 4.78 is 1.60. The Morgan fingerprint density at radius 3 is 2.67 bits per heavy atom. The van der Waals surface area contributed by atoms with Gasteiger partial charge < -0.3 is 4.90 Å². The Kier molecular flexibility index (Phi) is 5.77. The van der Waals surface area contributed by atoms with Crippen molar-refractivity contribution in [3.8, 4) is 0 Å². The van der Waals surface area contributed by atoms with Crippen LogP contribution in [0.3, 0.4) is 0 Å². The van der Waals surface area contributed by atoms with Crippen LogP contribution < -0.4 is 5.56 Å². The van der Waals surface area contributed by atoms with Gasteiger partial charge in [0.25, 0.3) is 5.56 Å². The van der Waals surface area contributed by atoms with Gasteiger partial charge in [0.05, 0.1) is 11.1 Å². The molecule has 1 amide bonds. The van der Waals surface area contributed by atoms with Crippen LogP contribution in [-0.2, 0) is 31.2 Å². The zero-order chi connectivity index (χ0) is 21.5. The maximum Gasteiger partial charge on any atom is 0.262 e. The average Bonchev–Trinajstić information content (AvgIpc) is 3.28. The minimum atomic E-state index is -0.300. The number of carbonyl (C=O) groups is 1. The van der Waals surface area contributed by atoms with Crippen molar-refractivity contribution in [3.05, 3.63) is 56.7 Å². The number of aromatic nitrogens is 2. The number of hydrogen-bond donors (Lipinski definition) is 0. The monoisotopic (exact) mass is 441 g/mol. The lowest BCUT2D eigenvalue weighted by Gasteiger charge is -2.36. The standard InChI is InChI=1S/C23H27N3O2S2/c1-23(2,3)26(13-15-9-6-5-7-10-15)18(27)14-29-22-24-20-19(21(28)25(22)4)16-11-8-12-17(16)30-20/h5-7,9-10H,8,11-14H2,1-4H3. The maximum atomic E-state index is 13.1. The second kappa shape index (κ2) is 8.19. The molecule has 0 atom stereocenters. The molecule has 30 heavy (non-hydrogen) atoms. The smallest absolute Gasteiger partial charge is 0.262 e. The lowest BCUT2D eigenvalue weighted by molar-refractivity contribution is -0.133. The summed E-state index contributed by atoms with van der Waals surface area (Å²) >= 11 is 2.98. The third kappa shape index (κ3) is 4.05. The number of carbonyl (C=O) groups excluding carboxylic acids is 1. The molecule has 4 rings (SSSR count). The van der Waals surface area contributed by atoms with Crippen LogP contribution in [0.25, 0.3) is 10.2 Å². The van der Waals surface area contributed by atoms with Crippen molar-refractivity contribution in [1.82, 2.24) is 14.5 Å². The summed E-state index contributed by atoms with van der Waals surface area (Å²) in [5.41, 5.74) is 2.00. The van der Waals surface area contributed by atoms with Crippen molar-refractivity contribution < 1.29 is 4.79 Å². The number of rotatable bonds is 5. The van der Waals surface area contributed by atoms with E-state index in [2.05, 4.69) is 0 Å². The third-order valence-corrected chi connectivity index (χ3v) is 7.72. The van der Waals surface area contributed by atoms with Gasteiger partial charge in [-0.2, -0.15) is 0 Å². The van der Waals surface area contributed by atoms with Crippen molar-refractivity contribution in [1.29, 1.82) is 0 Å². The van der Waals surface area contributed by atoms with E-state index in [9.17, 15) is 9.59 Å². The quantitative estimate of drug-likeness (QED) is 0.435. The van der Waals surface area contributed by atoms with Gasteiger partial charge in [-0.15, -0.1) is 11.3 Å². The van der Waals surface area contributed by atoms with E-state index >= 15 is 0 Å². The molecule has 2 aromatic heterocycles. The summed E-state index contributed by atoms with van der Waals surface area (Å²) in [4.78, 5) is 34.9. The van der Waals surface area contributed by atoms with Gasteiger partial charge in [-0.1, -0.05) is 42.1 Å². The first-order valence-electron chi connectivity index (χ1n) is 10.2. The summed E-state index contributed by atoms with van der Waals surface area (Å²) in [5.74, 6) is 0.292. The molecule has 158 valence electrons. The molecule has 1 aromatic carbocycles. The van der Waals surface area contributed by atoms with E-state index in [0.717, 1.165) is 35.0 Å². The van der Waals surface area contributed by atoms with E-state index in [0.29, 0.717) is 11.7 Å². The zero-order valence-corrected chi connectivity index (χ0v) is 19.5. The van der Waals surface area contributed by atoms with E-state index in [4.69, 9.17) is 4.98 Å². The normalized spacial score (nSPS) is 13.6. The lowest BCUT2D eigenvalue weighted by atomic mass is 10.0. The van der Waals surface area contributed by atoms with Crippen molar-refractivity contribution in [3.63, 3.8) is 0 Å². The van der Waals surface area contributed by atoms with E-state index in [-0.39, 0.29) is 22.8 Å². The lowest BCUT2D eigenvalue weighted by Crippen LogP contribution is -2.46. The van der Waals surface area contributed by atoms with E-state index in [1.54, 1.807) is 23.0 Å². The number of amides is 1. The molecule has 2 heterocycles. The van der Waals surface area contributed by atoms with Crippen LogP contribution in [0.1, 0.15) is 43.2 Å². The number of benzene rings is 1. The van der Waals surface area contributed by atoms with Gasteiger partial charge in [-0.25, -0.2) is 4.98 Å². The molecule has 0 spiro atoms. The molecule has 0 fully saturated rings. The Morgan fingerprint density at radius 2 is 1.97 bits per heavy atom. The molecule has 0 bridgehead atoms. The molecule has 0 radical (unpaired) electrons. The number of thiophene rings is 1. The predicted molar refractivity (Wildman–Crippen MR) is 124 cm³/mol. The molecule has 1 aliphatic carbocycles. The number of thioether (sulfide) groups is 1. The van der Waals surface area contributed by atoms with Gasteiger partial charge in [0.15, 0.2) is 5.16 Å². The van der Waals surface area contributed by atoms with Crippen LogP contribution in [0.5, 0.6) is 0 Å². The van der Waals surface area contributed by atoms with Gasteiger partial charge in [-0.05, 0) is 51.2 Å². The van der Waals surface area contributed by atoms with Gasteiger partial charge in [-0.3, -0.25) is 14.2 Å². The van der Waals surface area contributed by atoms with E-state index in [1.807, 2.05) is 56.0 Å². The van der Waals surface area contributed by atoms with Gasteiger partial charge in [0.1, 0.15) is 4.83 Å². The highest BCUT2D eigenvalue weighted by Gasteiger charge is 2.27. The van der Waals surface area contributed by atoms with Crippen molar-refractivity contribution in [2.24, 2.45) is 7.05 Å². The first kappa shape index (κ1) is 21.1. The zero-order valence-electron chi connectivity index (χ0n) is 17.9. The van der Waals surface area contributed by atoms with Gasteiger partial charge >= 0.3 is 0 Å².